The number of benzene rings is 1. The van der Waals surface area contributed by atoms with Crippen molar-refractivity contribution in [2.24, 2.45) is 19.1 Å². The molecule has 0 aliphatic rings. The molecule has 1 aromatic carbocycles. The van der Waals surface area contributed by atoms with Gasteiger partial charge in [0.15, 0.2) is 0 Å². The summed E-state index contributed by atoms with van der Waals surface area (Å²) < 4.78 is 1.88. The van der Waals surface area contributed by atoms with Crippen molar-refractivity contribution in [2.75, 3.05) is 12.3 Å². The van der Waals surface area contributed by atoms with Gasteiger partial charge in [0.25, 0.3) is 5.56 Å². The zero-order valence-corrected chi connectivity index (χ0v) is 17.9. The summed E-state index contributed by atoms with van der Waals surface area (Å²) in [6.45, 7) is 4.52. The van der Waals surface area contributed by atoms with Crippen LogP contribution in [0.4, 0.5) is 5.69 Å². The van der Waals surface area contributed by atoms with E-state index in [9.17, 15) is 19.5 Å². The lowest BCUT2D eigenvalue weighted by atomic mass is 10.2. The molecule has 8 nitrogen and oxygen atoms in total. The highest BCUT2D eigenvalue weighted by molar-refractivity contribution is 8.15. The third-order valence-corrected chi connectivity index (χ3v) is 5.25. The van der Waals surface area contributed by atoms with Crippen molar-refractivity contribution in [3.05, 3.63) is 56.2 Å². The number of aryl methyl sites for hydroxylation is 1. The van der Waals surface area contributed by atoms with Gasteiger partial charge in [-0.2, -0.15) is 0 Å². The molecule has 0 aliphatic heterocycles. The number of thioether (sulfide) groups is 1. The van der Waals surface area contributed by atoms with Crippen LogP contribution in [0.25, 0.3) is 0 Å². The maximum Gasteiger partial charge on any atom is 0.333 e. The summed E-state index contributed by atoms with van der Waals surface area (Å²) in [7, 11) is 2.70. The number of aromatic nitrogens is 2. The first-order chi connectivity index (χ1) is 13.8. The Hall–Kier alpha value is -2.81. The van der Waals surface area contributed by atoms with Gasteiger partial charge in [0.05, 0.1) is 11.4 Å². The number of aliphatic imine (C=N–C) groups is 1. The van der Waals surface area contributed by atoms with Crippen LogP contribution in [-0.2, 0) is 18.9 Å². The van der Waals surface area contributed by atoms with E-state index in [0.717, 1.165) is 39.3 Å². The predicted octanol–water partition coefficient (Wildman–Crippen LogP) is 1.83. The summed E-state index contributed by atoms with van der Waals surface area (Å²) in [5.74, 6) is -0.648. The second kappa shape index (κ2) is 10.1. The topological polar surface area (TPSA) is 106 Å². The smallest absolute Gasteiger partial charge is 0.333 e. The van der Waals surface area contributed by atoms with Gasteiger partial charge in [0, 0.05) is 20.6 Å². The number of aromatic hydroxyl groups is 1. The molecule has 1 aromatic heterocycles. The Morgan fingerprint density at radius 2 is 1.97 bits per heavy atom. The molecule has 2 aromatic rings. The van der Waals surface area contributed by atoms with E-state index in [0.29, 0.717) is 12.2 Å². The lowest BCUT2D eigenvalue weighted by Gasteiger charge is -2.12. The number of nitrogens with zero attached hydrogens (tertiary/aromatic N) is 3. The molecular weight excluding hydrogens is 392 g/mol. The van der Waals surface area contributed by atoms with Gasteiger partial charge in [-0.15, -0.1) is 0 Å². The fourth-order valence-electron chi connectivity index (χ4n) is 2.59. The molecule has 2 N–H and O–H groups in total. The van der Waals surface area contributed by atoms with Crippen molar-refractivity contribution < 1.29 is 9.90 Å². The summed E-state index contributed by atoms with van der Waals surface area (Å²) in [5.41, 5.74) is 0.131. The van der Waals surface area contributed by atoms with Gasteiger partial charge in [0.2, 0.25) is 11.8 Å². The minimum Gasteiger partial charge on any atom is -0.494 e. The van der Waals surface area contributed by atoms with E-state index in [1.54, 1.807) is 6.07 Å². The minimum atomic E-state index is -0.670. The molecule has 156 valence electrons. The minimum absolute atomic E-state index is 0.0276. The van der Waals surface area contributed by atoms with Crippen molar-refractivity contribution in [1.82, 2.24) is 14.5 Å². The van der Waals surface area contributed by atoms with Gasteiger partial charge in [-0.1, -0.05) is 37.2 Å². The van der Waals surface area contributed by atoms with Crippen LogP contribution in [0.3, 0.4) is 0 Å². The normalized spacial score (nSPS) is 11.5. The van der Waals surface area contributed by atoms with Gasteiger partial charge in [-0.25, -0.2) is 9.79 Å². The molecule has 0 fully saturated rings. The maximum atomic E-state index is 12.7. The third kappa shape index (κ3) is 5.60. The first kappa shape index (κ1) is 22.5. The van der Waals surface area contributed by atoms with Crippen LogP contribution < -0.4 is 16.6 Å². The standard InChI is InChI=1S/C20H26N4O4S/c1-5-6-10-21-15(25)12-29-17(22-14-9-7-8-13(2)11-14)16-18(26)23(3)20(28)24(4)19(16)27/h7-9,11,26H,5-6,10,12H2,1-4H3,(H,21,25). The molecule has 2 rings (SSSR count). The zero-order valence-electron chi connectivity index (χ0n) is 17.1. The van der Waals surface area contributed by atoms with E-state index in [-0.39, 0.29) is 22.3 Å². The molecule has 0 spiro atoms. The highest BCUT2D eigenvalue weighted by Crippen LogP contribution is 2.23. The molecule has 0 unspecified atom stereocenters. The Morgan fingerprint density at radius 1 is 1.24 bits per heavy atom. The predicted molar refractivity (Wildman–Crippen MR) is 116 cm³/mol. The first-order valence-corrected chi connectivity index (χ1v) is 10.3. The molecular formula is C20H26N4O4S. The fourth-order valence-corrected chi connectivity index (χ4v) is 3.45. The van der Waals surface area contributed by atoms with E-state index in [4.69, 9.17) is 0 Å². The summed E-state index contributed by atoms with van der Waals surface area (Å²) >= 11 is 1.04. The largest absolute Gasteiger partial charge is 0.494 e. The molecule has 0 aliphatic carbocycles. The average Bonchev–Trinajstić information content (AvgIpc) is 2.69. The molecule has 0 bridgehead atoms. The van der Waals surface area contributed by atoms with Gasteiger partial charge < -0.3 is 10.4 Å². The molecule has 1 heterocycles. The van der Waals surface area contributed by atoms with Crippen molar-refractivity contribution in [3.8, 4) is 5.88 Å². The SMILES string of the molecule is CCCCNC(=O)CSC(=Nc1cccc(C)c1)c1c(O)n(C)c(=O)n(C)c1=O. The molecule has 0 radical (unpaired) electrons. The average molecular weight is 419 g/mol. The highest BCUT2D eigenvalue weighted by Gasteiger charge is 2.21. The van der Waals surface area contributed by atoms with E-state index < -0.39 is 17.1 Å². The Labute approximate surface area is 173 Å². The number of carbonyl (C=O) groups is 1. The van der Waals surface area contributed by atoms with Crippen molar-refractivity contribution in [2.45, 2.75) is 26.7 Å². The highest BCUT2D eigenvalue weighted by atomic mass is 32.2. The lowest BCUT2D eigenvalue weighted by Crippen LogP contribution is -2.39. The second-order valence-electron chi connectivity index (χ2n) is 6.65. The molecule has 0 atom stereocenters. The number of amides is 1. The third-order valence-electron chi connectivity index (χ3n) is 4.27. The number of hydrogen-bond acceptors (Lipinski definition) is 6. The van der Waals surface area contributed by atoms with Crippen LogP contribution in [0.5, 0.6) is 5.88 Å². The van der Waals surface area contributed by atoms with Crippen LogP contribution in [0, 0.1) is 6.92 Å². The van der Waals surface area contributed by atoms with Gasteiger partial charge in [0.1, 0.15) is 10.6 Å². The Bertz CT molecular complexity index is 1040. The molecule has 0 saturated heterocycles. The lowest BCUT2D eigenvalue weighted by molar-refractivity contribution is -0.118. The van der Waals surface area contributed by atoms with Crippen molar-refractivity contribution in [3.63, 3.8) is 0 Å². The van der Waals surface area contributed by atoms with E-state index in [1.807, 2.05) is 32.0 Å². The number of unbranched alkanes of at least 4 members (excludes halogenated alkanes) is 1. The summed E-state index contributed by atoms with van der Waals surface area (Å²) in [5, 5.41) is 13.5. The molecule has 1 amide bonds. The van der Waals surface area contributed by atoms with Crippen LogP contribution in [0.15, 0.2) is 38.8 Å². The monoisotopic (exact) mass is 418 g/mol. The van der Waals surface area contributed by atoms with E-state index in [2.05, 4.69) is 10.3 Å². The van der Waals surface area contributed by atoms with Crippen LogP contribution in [-0.4, -0.2) is 37.5 Å². The molecule has 29 heavy (non-hydrogen) atoms. The van der Waals surface area contributed by atoms with Gasteiger partial charge >= 0.3 is 5.69 Å². The quantitative estimate of drug-likeness (QED) is 0.405. The van der Waals surface area contributed by atoms with E-state index >= 15 is 0 Å². The van der Waals surface area contributed by atoms with Crippen LogP contribution in [0.2, 0.25) is 0 Å². The fraction of sp³-hybridized carbons (Fsp3) is 0.400. The van der Waals surface area contributed by atoms with Crippen molar-refractivity contribution >= 4 is 28.4 Å². The number of rotatable bonds is 7. The Morgan fingerprint density at radius 3 is 2.62 bits per heavy atom. The van der Waals surface area contributed by atoms with Gasteiger partial charge in [-0.3, -0.25) is 18.7 Å². The van der Waals surface area contributed by atoms with E-state index in [1.165, 1.54) is 14.1 Å². The Kier molecular flexibility index (Phi) is 7.83. The van der Waals surface area contributed by atoms with Gasteiger partial charge in [-0.05, 0) is 31.0 Å². The first-order valence-electron chi connectivity index (χ1n) is 9.30. The summed E-state index contributed by atoms with van der Waals surface area (Å²) in [6, 6.07) is 7.33. The second-order valence-corrected chi connectivity index (χ2v) is 7.62. The molecule has 9 heteroatoms. The summed E-state index contributed by atoms with van der Waals surface area (Å²) in [4.78, 5) is 41.4. The zero-order chi connectivity index (χ0) is 21.6. The van der Waals surface area contributed by atoms with Crippen molar-refractivity contribution in [1.29, 1.82) is 0 Å². The Balaban J connectivity index is 2.48. The van der Waals surface area contributed by atoms with Crippen LogP contribution in [0.1, 0.15) is 30.9 Å². The summed E-state index contributed by atoms with van der Waals surface area (Å²) in [6.07, 6.45) is 1.85. The maximum absolute atomic E-state index is 12.7. The van der Waals surface area contributed by atoms with Crippen LogP contribution >= 0.6 is 11.8 Å². The number of nitrogens with one attached hydrogen (secondary N) is 1. The number of hydrogen-bond donors (Lipinski definition) is 2. The number of carbonyl (C=O) groups excluding carboxylic acids is 1. The molecule has 0 saturated carbocycles.